The van der Waals surface area contributed by atoms with Gasteiger partial charge in [-0.2, -0.15) is 10.4 Å². The van der Waals surface area contributed by atoms with Crippen molar-refractivity contribution < 1.29 is 0 Å². The first-order chi connectivity index (χ1) is 11.7. The number of hydrogen-bond acceptors (Lipinski definition) is 4. The van der Waals surface area contributed by atoms with Gasteiger partial charge >= 0.3 is 0 Å². The average Bonchev–Trinajstić information content (AvgIpc) is 3.18. The highest BCUT2D eigenvalue weighted by molar-refractivity contribution is 5.82. The van der Waals surface area contributed by atoms with Gasteiger partial charge in [-0.1, -0.05) is 0 Å². The molecule has 0 saturated heterocycles. The van der Waals surface area contributed by atoms with Crippen molar-refractivity contribution in [2.75, 3.05) is 0 Å². The molecule has 0 fully saturated rings. The molecule has 1 aromatic carbocycles. The van der Waals surface area contributed by atoms with E-state index in [-0.39, 0.29) is 0 Å². The van der Waals surface area contributed by atoms with E-state index in [2.05, 4.69) is 27.2 Å². The van der Waals surface area contributed by atoms with Gasteiger partial charge in [0.2, 0.25) is 0 Å². The molecule has 3 aromatic heterocycles. The van der Waals surface area contributed by atoms with Crippen molar-refractivity contribution in [2.24, 2.45) is 14.1 Å². The molecule has 0 N–H and O–H groups in total. The van der Waals surface area contributed by atoms with E-state index in [4.69, 9.17) is 5.26 Å². The van der Waals surface area contributed by atoms with Crippen molar-refractivity contribution in [3.63, 3.8) is 0 Å². The first-order valence-electron chi connectivity index (χ1n) is 7.47. The third-order valence-corrected chi connectivity index (χ3v) is 4.04. The number of benzene rings is 1. The zero-order valence-corrected chi connectivity index (χ0v) is 13.3. The first kappa shape index (κ1) is 14.2. The Bertz CT molecular complexity index is 1100. The number of aromatic nitrogens is 5. The van der Waals surface area contributed by atoms with Crippen molar-refractivity contribution >= 4 is 11.0 Å². The van der Waals surface area contributed by atoms with Crippen molar-refractivity contribution in [1.82, 2.24) is 24.3 Å². The Morgan fingerprint density at radius 2 is 1.83 bits per heavy atom. The molecule has 0 spiro atoms. The second kappa shape index (κ2) is 5.32. The van der Waals surface area contributed by atoms with Gasteiger partial charge in [0.15, 0.2) is 0 Å². The van der Waals surface area contributed by atoms with E-state index in [1.807, 2.05) is 43.3 Å². The Kier molecular flexibility index (Phi) is 3.14. The maximum absolute atomic E-state index is 9.05. The minimum atomic E-state index is 0.606. The number of aryl methyl sites for hydroxylation is 2. The molecule has 4 aromatic rings. The molecule has 0 atom stereocenters. The summed E-state index contributed by atoms with van der Waals surface area (Å²) in [5.41, 5.74) is 5.32. The topological polar surface area (TPSA) is 72.3 Å². The Balaban J connectivity index is 1.86. The quantitative estimate of drug-likeness (QED) is 0.570. The number of hydrogen-bond donors (Lipinski definition) is 0. The van der Waals surface area contributed by atoms with Gasteiger partial charge in [-0.05, 0) is 24.3 Å². The molecule has 4 rings (SSSR count). The van der Waals surface area contributed by atoms with Crippen molar-refractivity contribution in [3.05, 3.63) is 54.6 Å². The zero-order valence-electron chi connectivity index (χ0n) is 13.3. The summed E-state index contributed by atoms with van der Waals surface area (Å²) in [6, 6.07) is 9.73. The van der Waals surface area contributed by atoms with E-state index < -0.39 is 0 Å². The molecule has 0 unspecified atom stereocenters. The second-order valence-corrected chi connectivity index (χ2v) is 5.67. The molecule has 0 amide bonds. The van der Waals surface area contributed by atoms with Crippen molar-refractivity contribution in [2.45, 2.75) is 0 Å². The number of nitrogens with zero attached hydrogens (tertiary/aromatic N) is 6. The van der Waals surface area contributed by atoms with Gasteiger partial charge in [-0.3, -0.25) is 9.67 Å². The van der Waals surface area contributed by atoms with E-state index in [1.165, 1.54) is 0 Å². The van der Waals surface area contributed by atoms with Gasteiger partial charge in [0.25, 0.3) is 0 Å². The third kappa shape index (κ3) is 2.23. The van der Waals surface area contributed by atoms with E-state index in [1.54, 1.807) is 23.0 Å². The monoisotopic (exact) mass is 314 g/mol. The number of rotatable bonds is 2. The number of fused-ring (bicyclic) bond motifs is 1. The molecule has 0 aliphatic carbocycles. The number of nitriles is 1. The second-order valence-electron chi connectivity index (χ2n) is 5.67. The molecule has 0 radical (unpaired) electrons. The van der Waals surface area contributed by atoms with E-state index >= 15 is 0 Å². The zero-order chi connectivity index (χ0) is 16.7. The highest BCUT2D eigenvalue weighted by Gasteiger charge is 2.12. The van der Waals surface area contributed by atoms with Gasteiger partial charge in [0.05, 0.1) is 28.9 Å². The lowest BCUT2D eigenvalue weighted by Gasteiger charge is -2.04. The highest BCUT2D eigenvalue weighted by Crippen LogP contribution is 2.27. The Morgan fingerprint density at radius 3 is 2.58 bits per heavy atom. The van der Waals surface area contributed by atoms with Crippen LogP contribution in [0.2, 0.25) is 0 Å². The number of pyridine rings is 1. The molecule has 0 bridgehead atoms. The maximum Gasteiger partial charge on any atom is 0.142 e. The van der Waals surface area contributed by atoms with Gasteiger partial charge in [0, 0.05) is 49.4 Å². The molecule has 6 heteroatoms. The van der Waals surface area contributed by atoms with Crippen LogP contribution in [0, 0.1) is 11.3 Å². The lowest BCUT2D eigenvalue weighted by molar-refractivity contribution is 0.768. The molecule has 0 aliphatic rings. The molecule has 0 saturated carbocycles. The van der Waals surface area contributed by atoms with E-state index in [0.717, 1.165) is 33.5 Å². The van der Waals surface area contributed by atoms with Crippen LogP contribution in [0.1, 0.15) is 5.56 Å². The van der Waals surface area contributed by atoms with Gasteiger partial charge in [-0.15, -0.1) is 0 Å². The predicted molar refractivity (Wildman–Crippen MR) is 90.9 cm³/mol. The summed E-state index contributed by atoms with van der Waals surface area (Å²) < 4.78 is 3.78. The Labute approximate surface area is 138 Å². The molecule has 24 heavy (non-hydrogen) atoms. The standard InChI is InChI=1S/C18H14N6/c1-23-11-15(10-21-23)13-6-14(9-20-8-13)18-22-16-5-12(7-19)3-4-17(16)24(18)2/h3-6,8-11H,1-2H3. The average molecular weight is 314 g/mol. The lowest BCUT2D eigenvalue weighted by atomic mass is 10.1. The van der Waals surface area contributed by atoms with Crippen LogP contribution in [0.15, 0.2) is 49.1 Å². The number of imidazole rings is 1. The summed E-state index contributed by atoms with van der Waals surface area (Å²) in [5.74, 6) is 0.818. The minimum absolute atomic E-state index is 0.606. The normalized spacial score (nSPS) is 10.9. The van der Waals surface area contributed by atoms with Gasteiger partial charge in [-0.25, -0.2) is 4.98 Å². The third-order valence-electron chi connectivity index (χ3n) is 4.04. The summed E-state index contributed by atoms with van der Waals surface area (Å²) in [4.78, 5) is 9.03. The van der Waals surface area contributed by atoms with E-state index in [0.29, 0.717) is 5.56 Å². The Morgan fingerprint density at radius 1 is 1.00 bits per heavy atom. The van der Waals surface area contributed by atoms with Crippen LogP contribution in [0.5, 0.6) is 0 Å². The van der Waals surface area contributed by atoms with E-state index in [9.17, 15) is 0 Å². The smallest absolute Gasteiger partial charge is 0.142 e. The maximum atomic E-state index is 9.05. The fourth-order valence-corrected chi connectivity index (χ4v) is 2.82. The van der Waals surface area contributed by atoms with Crippen molar-refractivity contribution in [1.29, 1.82) is 5.26 Å². The van der Waals surface area contributed by atoms with Crippen molar-refractivity contribution in [3.8, 4) is 28.6 Å². The molecule has 6 nitrogen and oxygen atoms in total. The summed E-state index contributed by atoms with van der Waals surface area (Å²) in [6.45, 7) is 0. The van der Waals surface area contributed by atoms with Crippen LogP contribution in [0.4, 0.5) is 0 Å². The summed E-state index contributed by atoms with van der Waals surface area (Å²) in [5, 5.41) is 13.3. The predicted octanol–water partition coefficient (Wildman–Crippen LogP) is 2.91. The molecule has 0 aliphatic heterocycles. The largest absolute Gasteiger partial charge is 0.327 e. The lowest BCUT2D eigenvalue weighted by Crippen LogP contribution is -1.93. The summed E-state index contributed by atoms with van der Waals surface area (Å²) in [6.07, 6.45) is 7.38. The van der Waals surface area contributed by atoms with Crippen LogP contribution in [0.25, 0.3) is 33.5 Å². The van der Waals surface area contributed by atoms with Gasteiger partial charge in [0.1, 0.15) is 5.82 Å². The molecule has 3 heterocycles. The SMILES string of the molecule is Cn1cc(-c2cncc(-c3nc4cc(C#N)ccc4n3C)c2)cn1. The van der Waals surface area contributed by atoms with Crippen LogP contribution in [-0.4, -0.2) is 24.3 Å². The van der Waals surface area contributed by atoms with Crippen LogP contribution >= 0.6 is 0 Å². The molecular weight excluding hydrogens is 300 g/mol. The minimum Gasteiger partial charge on any atom is -0.327 e. The summed E-state index contributed by atoms with van der Waals surface area (Å²) in [7, 11) is 3.85. The van der Waals surface area contributed by atoms with Crippen LogP contribution < -0.4 is 0 Å². The van der Waals surface area contributed by atoms with Gasteiger partial charge < -0.3 is 4.57 Å². The Hall–Kier alpha value is -3.46. The summed E-state index contributed by atoms with van der Waals surface area (Å²) >= 11 is 0. The first-order valence-corrected chi connectivity index (χ1v) is 7.47. The molecule has 116 valence electrons. The highest BCUT2D eigenvalue weighted by atomic mass is 15.2. The van der Waals surface area contributed by atoms with Crippen LogP contribution in [-0.2, 0) is 14.1 Å². The fraction of sp³-hybridized carbons (Fsp3) is 0.111. The fourth-order valence-electron chi connectivity index (χ4n) is 2.82. The molecular formula is C18H14N6. The van der Waals surface area contributed by atoms with Crippen LogP contribution in [0.3, 0.4) is 0 Å².